The van der Waals surface area contributed by atoms with E-state index in [2.05, 4.69) is 10.5 Å². The number of nitrogens with one attached hydrogen (secondary N) is 1. The molecule has 3 N–H and O–H groups in total. The van der Waals surface area contributed by atoms with Crippen molar-refractivity contribution in [3.05, 3.63) is 57.6 Å². The predicted molar refractivity (Wildman–Crippen MR) is 89.1 cm³/mol. The minimum absolute atomic E-state index is 0.00441. The fraction of sp³-hybridized carbons (Fsp3) is 0.125. The van der Waals surface area contributed by atoms with Crippen LogP contribution in [0, 0.1) is 10.1 Å². The predicted octanol–water partition coefficient (Wildman–Crippen LogP) is 2.17. The molecule has 0 bridgehead atoms. The Morgan fingerprint density at radius 1 is 1.36 bits per heavy atom. The number of para-hydroxylation sites is 1. The quantitative estimate of drug-likeness (QED) is 0.417. The molecule has 0 aliphatic carbocycles. The molecule has 0 spiro atoms. The average Bonchev–Trinajstić information content (AvgIpc) is 2.58. The van der Waals surface area contributed by atoms with Gasteiger partial charge in [0.25, 0.3) is 11.6 Å². The molecule has 2 rings (SSSR count). The van der Waals surface area contributed by atoms with Crippen LogP contribution in [0.1, 0.15) is 22.8 Å². The van der Waals surface area contributed by atoms with Gasteiger partial charge in [-0.05, 0) is 19.1 Å². The second-order valence-corrected chi connectivity index (χ2v) is 4.79. The van der Waals surface area contributed by atoms with Crippen LogP contribution in [0.5, 0.6) is 17.2 Å². The van der Waals surface area contributed by atoms with Gasteiger partial charge in [-0.25, -0.2) is 5.43 Å². The summed E-state index contributed by atoms with van der Waals surface area (Å²) in [5.74, 6) is -1.30. The standard InChI is InChI=1S/C16H15N3O6/c1-2-25-14-8-11(19(23)24)7-10(15(14)21)9-17-18-16(22)12-5-3-4-6-13(12)20/h3-9,20-21H,2H2,1H3,(H,18,22)/b17-9+. The topological polar surface area (TPSA) is 134 Å². The molecule has 0 saturated carbocycles. The van der Waals surface area contributed by atoms with E-state index in [1.165, 1.54) is 12.1 Å². The Morgan fingerprint density at radius 2 is 2.08 bits per heavy atom. The van der Waals surface area contributed by atoms with Crippen LogP contribution in [-0.4, -0.2) is 33.9 Å². The summed E-state index contributed by atoms with van der Waals surface area (Å²) in [5, 5.41) is 34.3. The van der Waals surface area contributed by atoms with Gasteiger partial charge in [-0.3, -0.25) is 14.9 Å². The smallest absolute Gasteiger partial charge is 0.275 e. The molecule has 0 atom stereocenters. The molecule has 0 heterocycles. The highest BCUT2D eigenvalue weighted by Gasteiger charge is 2.16. The third-order valence-electron chi connectivity index (χ3n) is 3.12. The summed E-state index contributed by atoms with van der Waals surface area (Å²) in [7, 11) is 0. The van der Waals surface area contributed by atoms with Gasteiger partial charge in [0.2, 0.25) is 0 Å². The molecule has 0 unspecified atom stereocenters. The molecular formula is C16H15N3O6. The SMILES string of the molecule is CCOc1cc([N+](=O)[O-])cc(/C=N/NC(=O)c2ccccc2O)c1O. The van der Waals surface area contributed by atoms with Gasteiger partial charge >= 0.3 is 0 Å². The van der Waals surface area contributed by atoms with Gasteiger partial charge in [0.15, 0.2) is 11.5 Å². The van der Waals surface area contributed by atoms with E-state index in [1.807, 2.05) is 0 Å². The summed E-state index contributed by atoms with van der Waals surface area (Å²) in [6.07, 6.45) is 1.04. The van der Waals surface area contributed by atoms with Gasteiger partial charge in [0.05, 0.1) is 29.4 Å². The second kappa shape index (κ2) is 7.77. The van der Waals surface area contributed by atoms with Crippen molar-refractivity contribution < 1.29 is 24.7 Å². The van der Waals surface area contributed by atoms with Gasteiger partial charge in [-0.15, -0.1) is 0 Å². The highest BCUT2D eigenvalue weighted by atomic mass is 16.6. The van der Waals surface area contributed by atoms with E-state index in [9.17, 15) is 25.1 Å². The van der Waals surface area contributed by atoms with Crippen LogP contribution in [0.3, 0.4) is 0 Å². The largest absolute Gasteiger partial charge is 0.507 e. The van der Waals surface area contributed by atoms with Gasteiger partial charge in [-0.1, -0.05) is 12.1 Å². The minimum atomic E-state index is -0.677. The highest BCUT2D eigenvalue weighted by Crippen LogP contribution is 2.33. The van der Waals surface area contributed by atoms with E-state index in [0.717, 1.165) is 18.3 Å². The third-order valence-corrected chi connectivity index (χ3v) is 3.12. The van der Waals surface area contributed by atoms with Gasteiger partial charge < -0.3 is 14.9 Å². The number of hydrogen-bond acceptors (Lipinski definition) is 7. The number of non-ortho nitro benzene ring substituents is 1. The zero-order valence-corrected chi connectivity index (χ0v) is 13.2. The van der Waals surface area contributed by atoms with Gasteiger partial charge in [-0.2, -0.15) is 5.10 Å². The summed E-state index contributed by atoms with van der Waals surface area (Å²) in [6.45, 7) is 1.87. The molecule has 1 amide bonds. The van der Waals surface area contributed by atoms with Crippen molar-refractivity contribution in [2.24, 2.45) is 5.10 Å². The molecule has 0 fully saturated rings. The molecule has 0 aromatic heterocycles. The number of nitrogens with zero attached hydrogens (tertiary/aromatic N) is 2. The van der Waals surface area contributed by atoms with E-state index >= 15 is 0 Å². The van der Waals surface area contributed by atoms with E-state index in [1.54, 1.807) is 19.1 Å². The molecule has 2 aromatic carbocycles. The lowest BCUT2D eigenvalue weighted by Crippen LogP contribution is -2.17. The van der Waals surface area contributed by atoms with Crippen molar-refractivity contribution >= 4 is 17.8 Å². The lowest BCUT2D eigenvalue weighted by Gasteiger charge is -2.08. The number of hydrogen-bond donors (Lipinski definition) is 3. The van der Waals surface area contributed by atoms with Gasteiger partial charge in [0.1, 0.15) is 5.75 Å². The normalized spacial score (nSPS) is 10.6. The fourth-order valence-corrected chi connectivity index (χ4v) is 1.97. The maximum absolute atomic E-state index is 11.9. The minimum Gasteiger partial charge on any atom is -0.507 e. The first kappa shape index (κ1) is 17.7. The van der Waals surface area contributed by atoms with Crippen molar-refractivity contribution in [1.82, 2.24) is 5.43 Å². The van der Waals surface area contributed by atoms with Crippen molar-refractivity contribution in [2.45, 2.75) is 6.92 Å². The number of nitro benzene ring substituents is 1. The van der Waals surface area contributed by atoms with E-state index in [4.69, 9.17) is 4.74 Å². The number of amides is 1. The molecule has 0 aliphatic heterocycles. The zero-order valence-electron chi connectivity index (χ0n) is 13.2. The summed E-state index contributed by atoms with van der Waals surface area (Å²) in [6, 6.07) is 8.06. The van der Waals surface area contributed by atoms with Crippen molar-refractivity contribution in [3.63, 3.8) is 0 Å². The number of nitro groups is 1. The lowest BCUT2D eigenvalue weighted by molar-refractivity contribution is -0.385. The van der Waals surface area contributed by atoms with Gasteiger partial charge in [0, 0.05) is 11.6 Å². The molecule has 9 nitrogen and oxygen atoms in total. The maximum Gasteiger partial charge on any atom is 0.275 e. The monoisotopic (exact) mass is 345 g/mol. The number of phenols is 2. The van der Waals surface area contributed by atoms with Crippen molar-refractivity contribution in [2.75, 3.05) is 6.61 Å². The third kappa shape index (κ3) is 4.22. The first-order chi connectivity index (χ1) is 11.9. The Labute approximate surface area is 142 Å². The molecule has 25 heavy (non-hydrogen) atoms. The Bertz CT molecular complexity index is 835. The van der Waals surface area contributed by atoms with Crippen LogP contribution in [0.25, 0.3) is 0 Å². The molecule has 0 radical (unpaired) electrons. The maximum atomic E-state index is 11.9. The van der Waals surface area contributed by atoms with Crippen molar-refractivity contribution in [3.8, 4) is 17.2 Å². The Morgan fingerprint density at radius 3 is 2.72 bits per heavy atom. The Kier molecular flexibility index (Phi) is 5.51. The van der Waals surface area contributed by atoms with Crippen LogP contribution in [0.15, 0.2) is 41.5 Å². The summed E-state index contributed by atoms with van der Waals surface area (Å²) in [4.78, 5) is 22.2. The molecule has 9 heteroatoms. The molecule has 130 valence electrons. The zero-order chi connectivity index (χ0) is 18.4. The van der Waals surface area contributed by atoms with E-state index in [-0.39, 0.29) is 40.7 Å². The number of ether oxygens (including phenoxy) is 1. The van der Waals surface area contributed by atoms with Crippen LogP contribution in [0.4, 0.5) is 5.69 Å². The Hall–Kier alpha value is -3.62. The Balaban J connectivity index is 2.24. The van der Waals surface area contributed by atoms with Crippen LogP contribution in [0.2, 0.25) is 0 Å². The summed E-state index contributed by atoms with van der Waals surface area (Å²) >= 11 is 0. The summed E-state index contributed by atoms with van der Waals surface area (Å²) in [5.41, 5.74) is 1.88. The molecule has 0 saturated heterocycles. The second-order valence-electron chi connectivity index (χ2n) is 4.79. The molecule has 0 aliphatic rings. The molecular weight excluding hydrogens is 330 g/mol. The average molecular weight is 345 g/mol. The number of rotatable bonds is 6. The number of carbonyl (C=O) groups is 1. The number of benzene rings is 2. The van der Waals surface area contributed by atoms with Crippen LogP contribution < -0.4 is 10.2 Å². The fourth-order valence-electron chi connectivity index (χ4n) is 1.97. The molecule has 2 aromatic rings. The number of carbonyl (C=O) groups excluding carboxylic acids is 1. The number of hydrazone groups is 1. The highest BCUT2D eigenvalue weighted by molar-refractivity contribution is 5.97. The van der Waals surface area contributed by atoms with E-state index in [0.29, 0.717) is 0 Å². The van der Waals surface area contributed by atoms with Crippen molar-refractivity contribution in [1.29, 1.82) is 0 Å². The number of aromatic hydroxyl groups is 2. The lowest BCUT2D eigenvalue weighted by atomic mass is 10.1. The van der Waals surface area contributed by atoms with Crippen LogP contribution >= 0.6 is 0 Å². The van der Waals surface area contributed by atoms with Crippen LogP contribution in [-0.2, 0) is 0 Å². The van der Waals surface area contributed by atoms with E-state index < -0.39 is 10.8 Å². The number of phenolic OH excluding ortho intramolecular Hbond substituents is 2. The summed E-state index contributed by atoms with van der Waals surface area (Å²) < 4.78 is 5.14. The first-order valence-electron chi connectivity index (χ1n) is 7.19. The first-order valence-corrected chi connectivity index (χ1v) is 7.19.